The third-order valence-corrected chi connectivity index (χ3v) is 2.78. The highest BCUT2D eigenvalue weighted by atomic mass is 35.5. The zero-order valence-corrected chi connectivity index (χ0v) is 11.8. The Morgan fingerprint density at radius 1 is 1.40 bits per heavy atom. The van der Waals surface area contributed by atoms with Gasteiger partial charge in [-0.2, -0.15) is 4.98 Å². The largest absolute Gasteiger partial charge is 0.346 e. The predicted octanol–water partition coefficient (Wildman–Crippen LogP) is 1.76. The molecule has 2 aromatic rings. The van der Waals surface area contributed by atoms with Gasteiger partial charge in [0.1, 0.15) is 0 Å². The molecule has 1 aromatic heterocycles. The molecule has 3 N–H and O–H groups in total. The molecule has 2 rings (SSSR count). The second-order valence-electron chi connectivity index (χ2n) is 4.30. The second kappa shape index (κ2) is 7.62. The van der Waals surface area contributed by atoms with Gasteiger partial charge >= 0.3 is 0 Å². The smallest absolute Gasteiger partial charge is 0.222 e. The summed E-state index contributed by atoms with van der Waals surface area (Å²) in [5, 5.41) is 6.45. The molecule has 1 aromatic carbocycles. The minimum atomic E-state index is -0.321. The van der Waals surface area contributed by atoms with E-state index in [0.29, 0.717) is 5.82 Å². The average Bonchev–Trinajstić information content (AvgIpc) is 2.93. The van der Waals surface area contributed by atoms with Gasteiger partial charge in [0, 0.05) is 12.5 Å². The molecule has 2 atom stereocenters. The number of rotatable bonds is 5. The minimum Gasteiger partial charge on any atom is -0.346 e. The van der Waals surface area contributed by atoms with Gasteiger partial charge in [0.25, 0.3) is 0 Å². The van der Waals surface area contributed by atoms with E-state index in [-0.39, 0.29) is 36.8 Å². The lowest BCUT2D eigenvalue weighted by atomic mass is 10.0. The number of aromatic nitrogens is 2. The lowest BCUT2D eigenvalue weighted by molar-refractivity contribution is -0.122. The van der Waals surface area contributed by atoms with Crippen LogP contribution in [0.1, 0.15) is 36.8 Å². The number of halogens is 1. The van der Waals surface area contributed by atoms with Crippen LogP contribution in [0.3, 0.4) is 0 Å². The molecule has 6 nitrogen and oxygen atoms in total. The maximum Gasteiger partial charge on any atom is 0.222 e. The SMILES string of the molecule is CC(NC(=O)CC(N)c1ccccc1)c1ncon1.Cl. The van der Waals surface area contributed by atoms with Crippen LogP contribution in [0.15, 0.2) is 41.2 Å². The minimum absolute atomic E-state index is 0. The van der Waals surface area contributed by atoms with Crippen LogP contribution in [-0.4, -0.2) is 16.0 Å². The molecule has 0 saturated heterocycles. The number of carbonyl (C=O) groups excluding carboxylic acids is 1. The number of benzene rings is 1. The van der Waals surface area contributed by atoms with Crippen molar-refractivity contribution < 1.29 is 9.32 Å². The molecule has 0 radical (unpaired) electrons. The highest BCUT2D eigenvalue weighted by molar-refractivity contribution is 5.85. The summed E-state index contributed by atoms with van der Waals surface area (Å²) < 4.78 is 4.63. The third-order valence-electron chi connectivity index (χ3n) is 2.78. The monoisotopic (exact) mass is 296 g/mol. The zero-order chi connectivity index (χ0) is 13.7. The van der Waals surface area contributed by atoms with E-state index in [4.69, 9.17) is 5.73 Å². The van der Waals surface area contributed by atoms with E-state index in [9.17, 15) is 4.79 Å². The molecule has 2 unspecified atom stereocenters. The summed E-state index contributed by atoms with van der Waals surface area (Å²) in [6.45, 7) is 1.79. The molecular formula is C13H17ClN4O2. The van der Waals surface area contributed by atoms with Crippen molar-refractivity contribution in [3.8, 4) is 0 Å². The molecular weight excluding hydrogens is 280 g/mol. The molecule has 0 spiro atoms. The van der Waals surface area contributed by atoms with Gasteiger partial charge in [0.15, 0.2) is 5.82 Å². The van der Waals surface area contributed by atoms with Crippen LogP contribution in [0.25, 0.3) is 0 Å². The van der Waals surface area contributed by atoms with Crippen molar-refractivity contribution in [1.29, 1.82) is 0 Å². The number of hydrogen-bond acceptors (Lipinski definition) is 5. The van der Waals surface area contributed by atoms with Crippen LogP contribution in [0, 0.1) is 0 Å². The van der Waals surface area contributed by atoms with E-state index in [1.807, 2.05) is 30.3 Å². The van der Waals surface area contributed by atoms with Gasteiger partial charge in [0.2, 0.25) is 12.3 Å². The van der Waals surface area contributed by atoms with Crippen LogP contribution in [0.2, 0.25) is 0 Å². The van der Waals surface area contributed by atoms with Gasteiger partial charge < -0.3 is 15.6 Å². The summed E-state index contributed by atoms with van der Waals surface area (Å²) in [6.07, 6.45) is 1.44. The highest BCUT2D eigenvalue weighted by Gasteiger charge is 2.16. The Labute approximate surface area is 123 Å². The molecule has 0 aliphatic rings. The highest BCUT2D eigenvalue weighted by Crippen LogP contribution is 2.14. The van der Waals surface area contributed by atoms with Crippen LogP contribution in [0.5, 0.6) is 0 Å². The number of amides is 1. The topological polar surface area (TPSA) is 94.0 Å². The van der Waals surface area contributed by atoms with Crippen molar-refractivity contribution >= 4 is 18.3 Å². The van der Waals surface area contributed by atoms with Crippen molar-refractivity contribution in [2.45, 2.75) is 25.4 Å². The molecule has 0 bridgehead atoms. The first-order chi connectivity index (χ1) is 9.16. The Morgan fingerprint density at radius 3 is 2.70 bits per heavy atom. The summed E-state index contributed by atoms with van der Waals surface area (Å²) in [6, 6.07) is 8.90. The molecule has 1 amide bonds. The van der Waals surface area contributed by atoms with Gasteiger partial charge in [-0.15, -0.1) is 12.4 Å². The van der Waals surface area contributed by atoms with E-state index >= 15 is 0 Å². The summed E-state index contributed by atoms with van der Waals surface area (Å²) in [7, 11) is 0. The maximum atomic E-state index is 11.9. The number of hydrogen-bond donors (Lipinski definition) is 2. The fourth-order valence-corrected chi connectivity index (χ4v) is 1.75. The zero-order valence-electron chi connectivity index (χ0n) is 11.0. The molecule has 0 fully saturated rings. The number of carbonyl (C=O) groups is 1. The number of nitrogens with zero attached hydrogens (tertiary/aromatic N) is 2. The lowest BCUT2D eigenvalue weighted by Gasteiger charge is -2.14. The molecule has 0 saturated carbocycles. The Hall–Kier alpha value is -1.92. The predicted molar refractivity (Wildman–Crippen MR) is 76.1 cm³/mol. The molecule has 0 aliphatic carbocycles. The Balaban J connectivity index is 0.00000200. The lowest BCUT2D eigenvalue weighted by Crippen LogP contribution is -2.30. The van der Waals surface area contributed by atoms with Crippen LogP contribution >= 0.6 is 12.4 Å². The fraction of sp³-hybridized carbons (Fsp3) is 0.308. The maximum absolute atomic E-state index is 11.9. The Bertz CT molecular complexity index is 518. The van der Waals surface area contributed by atoms with Crippen molar-refractivity contribution in [1.82, 2.24) is 15.5 Å². The Morgan fingerprint density at radius 2 is 2.10 bits per heavy atom. The summed E-state index contributed by atoms with van der Waals surface area (Å²) in [4.78, 5) is 15.7. The van der Waals surface area contributed by atoms with Crippen LogP contribution in [0.4, 0.5) is 0 Å². The first-order valence-corrected chi connectivity index (χ1v) is 6.03. The molecule has 0 aliphatic heterocycles. The van der Waals surface area contributed by atoms with Crippen molar-refractivity contribution in [3.05, 3.63) is 48.1 Å². The van der Waals surface area contributed by atoms with Gasteiger partial charge in [-0.25, -0.2) is 0 Å². The number of nitrogens with one attached hydrogen (secondary N) is 1. The van der Waals surface area contributed by atoms with Crippen LogP contribution in [-0.2, 0) is 4.79 Å². The van der Waals surface area contributed by atoms with Gasteiger partial charge in [-0.1, -0.05) is 35.5 Å². The third kappa shape index (κ3) is 4.32. The quantitative estimate of drug-likeness (QED) is 0.877. The van der Waals surface area contributed by atoms with Crippen molar-refractivity contribution in [3.63, 3.8) is 0 Å². The van der Waals surface area contributed by atoms with Crippen molar-refractivity contribution in [2.75, 3.05) is 0 Å². The summed E-state index contributed by atoms with van der Waals surface area (Å²) in [5.74, 6) is 0.301. The molecule has 20 heavy (non-hydrogen) atoms. The van der Waals surface area contributed by atoms with E-state index < -0.39 is 0 Å². The molecule has 7 heteroatoms. The first-order valence-electron chi connectivity index (χ1n) is 6.03. The average molecular weight is 297 g/mol. The van der Waals surface area contributed by atoms with Crippen LogP contribution < -0.4 is 11.1 Å². The van der Waals surface area contributed by atoms with E-state index in [1.165, 1.54) is 6.39 Å². The Kier molecular flexibility index (Phi) is 6.14. The van der Waals surface area contributed by atoms with Gasteiger partial charge in [-0.3, -0.25) is 4.79 Å². The first kappa shape index (κ1) is 16.1. The van der Waals surface area contributed by atoms with Gasteiger partial charge in [0.05, 0.1) is 6.04 Å². The van der Waals surface area contributed by atoms with E-state index in [1.54, 1.807) is 6.92 Å². The second-order valence-corrected chi connectivity index (χ2v) is 4.30. The fourth-order valence-electron chi connectivity index (χ4n) is 1.75. The number of nitrogens with two attached hydrogens (primary N) is 1. The summed E-state index contributed by atoms with van der Waals surface area (Å²) >= 11 is 0. The molecule has 108 valence electrons. The van der Waals surface area contributed by atoms with Crippen molar-refractivity contribution in [2.24, 2.45) is 5.73 Å². The summed E-state index contributed by atoms with van der Waals surface area (Å²) in [5.41, 5.74) is 6.91. The molecule has 1 heterocycles. The van der Waals surface area contributed by atoms with Gasteiger partial charge in [-0.05, 0) is 12.5 Å². The standard InChI is InChI=1S/C13H16N4O2.ClH/c1-9(13-15-8-19-17-13)16-12(18)7-11(14)10-5-3-2-4-6-10;/h2-6,8-9,11H,7,14H2,1H3,(H,16,18);1H. The van der Waals surface area contributed by atoms with E-state index in [2.05, 4.69) is 20.0 Å². The normalized spacial score (nSPS) is 13.1. The van der Waals surface area contributed by atoms with E-state index in [0.717, 1.165) is 5.56 Å².